The number of aromatic nitrogens is 1. The molecule has 0 aliphatic carbocycles. The summed E-state index contributed by atoms with van der Waals surface area (Å²) in [6.07, 6.45) is 2.39. The molecule has 0 bridgehead atoms. The third kappa shape index (κ3) is 3.55. The molecule has 1 heterocycles. The standard InChI is InChI=1S/C11H10N2O5S/c14-11(15)9-3-1-2-8(4-9)7-19(16,17)13-10-5-12-18-6-10/h1-6,13H,7H2,(H,14,15). The Hall–Kier alpha value is -2.35. The van der Waals surface area contributed by atoms with Crippen LogP contribution in [0.1, 0.15) is 15.9 Å². The van der Waals surface area contributed by atoms with Crippen LogP contribution in [0.5, 0.6) is 0 Å². The Morgan fingerprint density at radius 2 is 2.21 bits per heavy atom. The van der Waals surface area contributed by atoms with Gasteiger partial charge >= 0.3 is 5.97 Å². The van der Waals surface area contributed by atoms with Crippen molar-refractivity contribution in [2.75, 3.05) is 4.72 Å². The topological polar surface area (TPSA) is 110 Å². The molecule has 8 heteroatoms. The highest BCUT2D eigenvalue weighted by atomic mass is 32.2. The number of benzene rings is 1. The average molecular weight is 282 g/mol. The van der Waals surface area contributed by atoms with E-state index in [0.29, 0.717) is 5.56 Å². The molecule has 7 nitrogen and oxygen atoms in total. The van der Waals surface area contributed by atoms with Crippen LogP contribution in [-0.4, -0.2) is 24.7 Å². The SMILES string of the molecule is O=C(O)c1cccc(CS(=O)(=O)Nc2cnoc2)c1. The largest absolute Gasteiger partial charge is 0.478 e. The highest BCUT2D eigenvalue weighted by molar-refractivity contribution is 7.91. The Bertz CT molecular complexity index is 679. The molecule has 2 rings (SSSR count). The van der Waals surface area contributed by atoms with Gasteiger partial charge in [-0.3, -0.25) is 4.72 Å². The van der Waals surface area contributed by atoms with E-state index in [4.69, 9.17) is 5.11 Å². The summed E-state index contributed by atoms with van der Waals surface area (Å²) in [5.74, 6) is -1.44. The van der Waals surface area contributed by atoms with E-state index in [1.165, 1.54) is 24.4 Å². The highest BCUT2D eigenvalue weighted by Crippen LogP contribution is 2.13. The summed E-state index contributed by atoms with van der Waals surface area (Å²) in [7, 11) is -3.64. The van der Waals surface area contributed by atoms with Gasteiger partial charge in [0.2, 0.25) is 10.0 Å². The van der Waals surface area contributed by atoms with Gasteiger partial charge in [-0.15, -0.1) is 0 Å². The number of hydrogen-bond donors (Lipinski definition) is 2. The quantitative estimate of drug-likeness (QED) is 0.855. The molecule has 0 fully saturated rings. The van der Waals surface area contributed by atoms with Crippen LogP contribution in [0.3, 0.4) is 0 Å². The van der Waals surface area contributed by atoms with Crippen LogP contribution < -0.4 is 4.72 Å². The minimum absolute atomic E-state index is 0.0395. The zero-order valence-corrected chi connectivity index (χ0v) is 10.4. The van der Waals surface area contributed by atoms with E-state index in [-0.39, 0.29) is 17.0 Å². The lowest BCUT2D eigenvalue weighted by Gasteiger charge is -2.06. The van der Waals surface area contributed by atoms with Crippen LogP contribution in [0.25, 0.3) is 0 Å². The maximum absolute atomic E-state index is 11.8. The predicted molar refractivity (Wildman–Crippen MR) is 66.2 cm³/mol. The Morgan fingerprint density at radius 3 is 2.84 bits per heavy atom. The van der Waals surface area contributed by atoms with Crippen LogP contribution >= 0.6 is 0 Å². The molecule has 0 spiro atoms. The Morgan fingerprint density at radius 1 is 1.42 bits per heavy atom. The van der Waals surface area contributed by atoms with Crippen LogP contribution in [0.15, 0.2) is 41.2 Å². The summed E-state index contributed by atoms with van der Waals surface area (Å²) in [6.45, 7) is 0. The third-order valence-electron chi connectivity index (χ3n) is 2.24. The second kappa shape index (κ2) is 5.11. The van der Waals surface area contributed by atoms with Gasteiger partial charge in [0, 0.05) is 0 Å². The van der Waals surface area contributed by atoms with Gasteiger partial charge in [0.05, 0.1) is 17.5 Å². The van der Waals surface area contributed by atoms with Crippen molar-refractivity contribution < 1.29 is 22.8 Å². The van der Waals surface area contributed by atoms with Gasteiger partial charge < -0.3 is 9.63 Å². The van der Waals surface area contributed by atoms with Gasteiger partial charge in [-0.25, -0.2) is 13.2 Å². The van der Waals surface area contributed by atoms with Crippen LogP contribution in [-0.2, 0) is 15.8 Å². The van der Waals surface area contributed by atoms with E-state index in [1.807, 2.05) is 0 Å². The van der Waals surface area contributed by atoms with Crippen molar-refractivity contribution in [2.24, 2.45) is 0 Å². The fourth-order valence-electron chi connectivity index (χ4n) is 1.48. The summed E-state index contributed by atoms with van der Waals surface area (Å²) in [6, 6.07) is 5.74. The molecule has 2 N–H and O–H groups in total. The number of hydrogen-bond acceptors (Lipinski definition) is 5. The van der Waals surface area contributed by atoms with Gasteiger partial charge in [-0.2, -0.15) is 0 Å². The lowest BCUT2D eigenvalue weighted by atomic mass is 10.1. The molecule has 0 aliphatic heterocycles. The second-order valence-corrected chi connectivity index (χ2v) is 5.50. The third-order valence-corrected chi connectivity index (χ3v) is 3.50. The van der Waals surface area contributed by atoms with Crippen molar-refractivity contribution in [3.05, 3.63) is 47.9 Å². The van der Waals surface area contributed by atoms with Crippen molar-refractivity contribution in [1.29, 1.82) is 0 Å². The zero-order valence-electron chi connectivity index (χ0n) is 9.61. The summed E-state index contributed by atoms with van der Waals surface area (Å²) >= 11 is 0. The number of carbonyl (C=O) groups is 1. The van der Waals surface area contributed by atoms with Crippen LogP contribution in [0.2, 0.25) is 0 Å². The Labute approximate surface area is 108 Å². The van der Waals surface area contributed by atoms with Gasteiger partial charge in [-0.1, -0.05) is 17.3 Å². The summed E-state index contributed by atoms with van der Waals surface area (Å²) in [5, 5.41) is 12.2. The monoisotopic (exact) mass is 282 g/mol. The molecule has 0 unspecified atom stereocenters. The van der Waals surface area contributed by atoms with Gasteiger partial charge in [0.25, 0.3) is 0 Å². The number of nitrogens with zero attached hydrogens (tertiary/aromatic N) is 1. The molecule has 1 aromatic heterocycles. The minimum atomic E-state index is -3.64. The second-order valence-electron chi connectivity index (χ2n) is 3.78. The smallest absolute Gasteiger partial charge is 0.335 e. The number of anilines is 1. The number of sulfonamides is 1. The molecule has 0 radical (unpaired) electrons. The number of aromatic carboxylic acids is 1. The first-order valence-corrected chi connectivity index (χ1v) is 6.83. The maximum atomic E-state index is 11.8. The van der Waals surface area contributed by atoms with E-state index < -0.39 is 16.0 Å². The molecule has 0 saturated carbocycles. The first-order valence-electron chi connectivity index (χ1n) is 5.18. The molecule has 0 amide bonds. The molecule has 0 aliphatic rings. The molecule has 1 aromatic carbocycles. The van der Waals surface area contributed by atoms with E-state index in [2.05, 4.69) is 14.4 Å². The first kappa shape index (κ1) is 13.1. The summed E-state index contributed by atoms with van der Waals surface area (Å²) in [5.41, 5.74) is 0.635. The van der Waals surface area contributed by atoms with Crippen molar-refractivity contribution >= 4 is 21.7 Å². The van der Waals surface area contributed by atoms with Crippen LogP contribution in [0, 0.1) is 0 Å². The van der Waals surface area contributed by atoms with E-state index in [9.17, 15) is 13.2 Å². The predicted octanol–water partition coefficient (Wildman–Crippen LogP) is 1.31. The van der Waals surface area contributed by atoms with Crippen molar-refractivity contribution in [3.8, 4) is 0 Å². The molecule has 100 valence electrons. The molecule has 0 saturated heterocycles. The summed E-state index contributed by atoms with van der Waals surface area (Å²) < 4.78 is 30.4. The molecule has 0 atom stereocenters. The molecular weight excluding hydrogens is 272 g/mol. The van der Waals surface area contributed by atoms with Crippen molar-refractivity contribution in [3.63, 3.8) is 0 Å². The number of carboxylic acids is 1. The Balaban J connectivity index is 2.16. The molecular formula is C11H10N2O5S. The molecule has 2 aromatic rings. The highest BCUT2D eigenvalue weighted by Gasteiger charge is 2.14. The fourth-order valence-corrected chi connectivity index (χ4v) is 2.63. The average Bonchev–Trinajstić information content (AvgIpc) is 2.80. The maximum Gasteiger partial charge on any atom is 0.335 e. The lowest BCUT2D eigenvalue weighted by molar-refractivity contribution is 0.0696. The van der Waals surface area contributed by atoms with Crippen molar-refractivity contribution in [2.45, 2.75) is 5.75 Å². The number of carboxylic acid groups (broad SMARTS) is 1. The first-order chi connectivity index (χ1) is 8.96. The van der Waals surface area contributed by atoms with Gasteiger partial charge in [0.15, 0.2) is 0 Å². The number of rotatable bonds is 5. The zero-order chi connectivity index (χ0) is 13.9. The summed E-state index contributed by atoms with van der Waals surface area (Å²) in [4.78, 5) is 10.8. The van der Waals surface area contributed by atoms with Crippen molar-refractivity contribution in [1.82, 2.24) is 5.16 Å². The fraction of sp³-hybridized carbons (Fsp3) is 0.0909. The van der Waals surface area contributed by atoms with E-state index >= 15 is 0 Å². The van der Waals surface area contributed by atoms with Gasteiger partial charge in [0.1, 0.15) is 12.0 Å². The molecule has 19 heavy (non-hydrogen) atoms. The lowest BCUT2D eigenvalue weighted by Crippen LogP contribution is -2.15. The number of nitrogens with one attached hydrogen (secondary N) is 1. The van der Waals surface area contributed by atoms with Gasteiger partial charge in [-0.05, 0) is 17.7 Å². The van der Waals surface area contributed by atoms with E-state index in [1.54, 1.807) is 6.07 Å². The van der Waals surface area contributed by atoms with E-state index in [0.717, 1.165) is 6.26 Å². The minimum Gasteiger partial charge on any atom is -0.478 e. The Kier molecular flexibility index (Phi) is 3.52. The van der Waals surface area contributed by atoms with Crippen LogP contribution in [0.4, 0.5) is 5.69 Å². The normalized spacial score (nSPS) is 11.2.